The van der Waals surface area contributed by atoms with Crippen LogP contribution in [-0.4, -0.2) is 49.4 Å². The van der Waals surface area contributed by atoms with Gasteiger partial charge in [0.05, 0.1) is 38.8 Å². The van der Waals surface area contributed by atoms with Gasteiger partial charge in [0.25, 0.3) is 5.91 Å². The van der Waals surface area contributed by atoms with Crippen molar-refractivity contribution in [2.75, 3.05) is 17.2 Å². The largest absolute Gasteiger partial charge is 0.380 e. The number of nitrogens with two attached hydrogens (primary N) is 1. The molecule has 1 aliphatic heterocycles. The van der Waals surface area contributed by atoms with E-state index >= 15 is 0 Å². The van der Waals surface area contributed by atoms with Crippen molar-refractivity contribution in [1.82, 2.24) is 30.2 Å². The lowest BCUT2D eigenvalue weighted by atomic mass is 10.1. The zero-order valence-electron chi connectivity index (χ0n) is 17.2. The minimum absolute atomic E-state index is 0.0450. The van der Waals surface area contributed by atoms with Gasteiger partial charge in [-0.3, -0.25) is 4.79 Å². The molecular weight excluding hydrogens is 467 g/mol. The van der Waals surface area contributed by atoms with E-state index in [0.29, 0.717) is 32.4 Å². The molecule has 2 aliphatic rings. The number of hydrogen-bond donors (Lipinski definition) is 2. The second-order valence-corrected chi connectivity index (χ2v) is 9.08. The van der Waals surface area contributed by atoms with Gasteiger partial charge in [-0.05, 0) is 37.0 Å². The van der Waals surface area contributed by atoms with Gasteiger partial charge in [0.15, 0.2) is 11.6 Å². The third-order valence-electron chi connectivity index (χ3n) is 6.50. The van der Waals surface area contributed by atoms with Crippen molar-refractivity contribution in [2.45, 2.75) is 24.9 Å². The van der Waals surface area contributed by atoms with Crippen LogP contribution in [0.1, 0.15) is 23.2 Å². The Morgan fingerprint density at radius 2 is 2.12 bits per heavy atom. The Labute approximate surface area is 197 Å². The number of carbonyl (C=O) groups is 1. The van der Waals surface area contributed by atoms with Gasteiger partial charge in [-0.2, -0.15) is 5.10 Å². The molecule has 0 radical (unpaired) electrons. The summed E-state index contributed by atoms with van der Waals surface area (Å²) in [6.07, 6.45) is 6.50. The number of anilines is 2. The molecule has 0 spiro atoms. The Morgan fingerprint density at radius 1 is 1.24 bits per heavy atom. The molecule has 3 aromatic heterocycles. The molecule has 168 valence electrons. The number of amides is 1. The fourth-order valence-electron chi connectivity index (χ4n) is 4.99. The summed E-state index contributed by atoms with van der Waals surface area (Å²) in [5, 5.41) is 12.4. The molecule has 12 heteroatoms. The highest BCUT2D eigenvalue weighted by molar-refractivity contribution is 6.36. The van der Waals surface area contributed by atoms with E-state index in [-0.39, 0.29) is 29.7 Å². The molecule has 33 heavy (non-hydrogen) atoms. The van der Waals surface area contributed by atoms with Crippen molar-refractivity contribution < 1.29 is 9.32 Å². The molecule has 1 aromatic carbocycles. The summed E-state index contributed by atoms with van der Waals surface area (Å²) in [4.78, 5) is 23.7. The second kappa shape index (κ2) is 7.60. The molecule has 3 atom stereocenters. The first-order valence-electron chi connectivity index (χ1n) is 10.4. The number of nitrogen functional groups attached to an aromatic ring is 1. The van der Waals surface area contributed by atoms with Crippen LogP contribution in [0.2, 0.25) is 10.0 Å². The number of piperidine rings is 1. The van der Waals surface area contributed by atoms with Crippen LogP contribution in [-0.2, 0) is 0 Å². The molecule has 1 saturated carbocycles. The highest BCUT2D eigenvalue weighted by Gasteiger charge is 2.49. The highest BCUT2D eigenvalue weighted by atomic mass is 35.5. The molecule has 2 fully saturated rings. The van der Waals surface area contributed by atoms with Crippen LogP contribution in [0.15, 0.2) is 41.6 Å². The van der Waals surface area contributed by atoms with E-state index in [0.717, 1.165) is 25.1 Å². The number of aromatic nitrogens is 5. The minimum atomic E-state index is -0.216. The average Bonchev–Trinajstić information content (AvgIpc) is 3.60. The molecule has 1 amide bonds. The Hall–Kier alpha value is -3.37. The molecular formula is C21H18Cl2N8O2. The molecule has 1 aliphatic carbocycles. The summed E-state index contributed by atoms with van der Waals surface area (Å²) in [6, 6.07) is 5.20. The van der Waals surface area contributed by atoms with Gasteiger partial charge in [0, 0.05) is 12.7 Å². The lowest BCUT2D eigenvalue weighted by Crippen LogP contribution is -2.44. The number of rotatable bonds is 4. The van der Waals surface area contributed by atoms with Crippen molar-refractivity contribution in [2.24, 2.45) is 5.92 Å². The van der Waals surface area contributed by atoms with Crippen LogP contribution in [0.5, 0.6) is 0 Å². The minimum Gasteiger partial charge on any atom is -0.380 e. The van der Waals surface area contributed by atoms with Crippen LogP contribution in [0.4, 0.5) is 11.6 Å². The van der Waals surface area contributed by atoms with Gasteiger partial charge in [0.2, 0.25) is 5.58 Å². The maximum Gasteiger partial charge on any atom is 0.253 e. The number of benzene rings is 1. The summed E-state index contributed by atoms with van der Waals surface area (Å²) in [5.41, 5.74) is 7.52. The number of nitrogens with zero attached hydrogens (tertiary/aromatic N) is 6. The molecule has 4 heterocycles. The number of nitrogens with one attached hydrogen (secondary N) is 1. The standard InChI is InChI=1S/C21H18Cl2N8O2/c22-13-5-11(31-9-25-8-27-31)2-3-12(13)21(32)28-17-10-1-4-15(17)30(7-10)20-18-16(14(23)6-26-20)19(24)29-33-18/h2-3,5-6,8-10,15,17H,1,4,7H2,(H2,24,29)(H,28,32). The van der Waals surface area contributed by atoms with Crippen molar-refractivity contribution in [3.05, 3.63) is 52.7 Å². The van der Waals surface area contributed by atoms with E-state index in [9.17, 15) is 4.79 Å². The van der Waals surface area contributed by atoms with Gasteiger partial charge in [-0.25, -0.2) is 14.6 Å². The summed E-state index contributed by atoms with van der Waals surface area (Å²) in [5.74, 6) is 0.934. The van der Waals surface area contributed by atoms with Gasteiger partial charge in [-0.1, -0.05) is 28.4 Å². The topological polar surface area (TPSA) is 128 Å². The van der Waals surface area contributed by atoms with Gasteiger partial charge < -0.3 is 20.5 Å². The summed E-state index contributed by atoms with van der Waals surface area (Å²) < 4.78 is 7.03. The predicted molar refractivity (Wildman–Crippen MR) is 123 cm³/mol. The van der Waals surface area contributed by atoms with E-state index in [1.165, 1.54) is 6.33 Å². The number of halogens is 2. The van der Waals surface area contributed by atoms with Crippen LogP contribution >= 0.6 is 23.2 Å². The van der Waals surface area contributed by atoms with E-state index in [4.69, 9.17) is 33.5 Å². The molecule has 6 rings (SSSR count). The van der Waals surface area contributed by atoms with E-state index in [1.807, 2.05) is 0 Å². The molecule has 3 N–H and O–H groups in total. The van der Waals surface area contributed by atoms with Gasteiger partial charge >= 0.3 is 0 Å². The molecule has 1 saturated heterocycles. The van der Waals surface area contributed by atoms with Gasteiger partial charge in [0.1, 0.15) is 12.7 Å². The number of pyridine rings is 1. The van der Waals surface area contributed by atoms with Crippen molar-refractivity contribution in [3.63, 3.8) is 0 Å². The Bertz CT molecular complexity index is 1370. The Morgan fingerprint density at radius 3 is 2.91 bits per heavy atom. The maximum absolute atomic E-state index is 13.1. The summed E-state index contributed by atoms with van der Waals surface area (Å²) in [6.45, 7) is 0.735. The third kappa shape index (κ3) is 3.20. The van der Waals surface area contributed by atoms with E-state index in [1.54, 1.807) is 35.4 Å². The number of carbonyl (C=O) groups excluding carboxylic acids is 1. The summed E-state index contributed by atoms with van der Waals surface area (Å²) >= 11 is 12.7. The SMILES string of the molecule is Nc1noc2c(N3CC4CCC3C4NC(=O)c3ccc(-n4cncn4)cc3Cl)ncc(Cl)c12. The monoisotopic (exact) mass is 484 g/mol. The van der Waals surface area contributed by atoms with Gasteiger partial charge in [-0.15, -0.1) is 0 Å². The van der Waals surface area contributed by atoms with Crippen molar-refractivity contribution in [1.29, 1.82) is 0 Å². The maximum atomic E-state index is 13.1. The average molecular weight is 485 g/mol. The zero-order chi connectivity index (χ0) is 22.7. The smallest absolute Gasteiger partial charge is 0.253 e. The van der Waals surface area contributed by atoms with Crippen molar-refractivity contribution in [3.8, 4) is 5.69 Å². The number of hydrogen-bond acceptors (Lipinski definition) is 8. The molecule has 3 unspecified atom stereocenters. The third-order valence-corrected chi connectivity index (χ3v) is 7.10. The summed E-state index contributed by atoms with van der Waals surface area (Å²) in [7, 11) is 0. The van der Waals surface area contributed by atoms with E-state index < -0.39 is 0 Å². The first-order valence-corrected chi connectivity index (χ1v) is 11.2. The van der Waals surface area contributed by atoms with Crippen LogP contribution < -0.4 is 16.0 Å². The predicted octanol–water partition coefficient (Wildman–Crippen LogP) is 3.09. The van der Waals surface area contributed by atoms with Crippen LogP contribution in [0, 0.1) is 5.92 Å². The fraction of sp³-hybridized carbons (Fsp3) is 0.286. The molecule has 10 nitrogen and oxygen atoms in total. The van der Waals surface area contributed by atoms with E-state index in [2.05, 4.69) is 30.4 Å². The van der Waals surface area contributed by atoms with Crippen LogP contribution in [0.3, 0.4) is 0 Å². The fourth-order valence-corrected chi connectivity index (χ4v) is 5.48. The Balaban J connectivity index is 1.25. The Kier molecular flexibility index (Phi) is 4.66. The molecule has 2 bridgehead atoms. The quantitative estimate of drug-likeness (QED) is 0.452. The molecule has 4 aromatic rings. The first-order chi connectivity index (χ1) is 16.0. The lowest BCUT2D eigenvalue weighted by molar-refractivity contribution is 0.0932. The lowest BCUT2D eigenvalue weighted by Gasteiger charge is -2.28. The van der Waals surface area contributed by atoms with Crippen molar-refractivity contribution >= 4 is 51.7 Å². The highest BCUT2D eigenvalue weighted by Crippen LogP contribution is 2.43. The van der Waals surface area contributed by atoms with Crippen LogP contribution in [0.25, 0.3) is 16.7 Å². The number of fused-ring (bicyclic) bond motifs is 3. The first kappa shape index (κ1) is 20.3. The second-order valence-electron chi connectivity index (χ2n) is 8.26. The zero-order valence-corrected chi connectivity index (χ0v) is 18.7. The normalized spacial score (nSPS) is 21.8.